The van der Waals surface area contributed by atoms with Gasteiger partial charge in [0.1, 0.15) is 24.2 Å². The highest BCUT2D eigenvalue weighted by Gasteiger charge is 2.53. The van der Waals surface area contributed by atoms with E-state index in [1.54, 1.807) is 44.4 Å². The second-order valence-electron chi connectivity index (χ2n) is 21.4. The van der Waals surface area contributed by atoms with Crippen LogP contribution < -0.4 is 10.6 Å². The number of benzene rings is 2. The predicted molar refractivity (Wildman–Crippen MR) is 268 cm³/mol. The second-order valence-corrected chi connectivity index (χ2v) is 23.2. The largest absolute Gasteiger partial charge is 0.391 e. The smallest absolute Gasteiger partial charge is 0.248 e. The van der Waals surface area contributed by atoms with Crippen molar-refractivity contribution in [2.75, 3.05) is 13.1 Å². The van der Waals surface area contributed by atoms with Crippen LogP contribution in [-0.4, -0.2) is 121 Å². The molecule has 6 atom stereocenters. The molecule has 71 heavy (non-hydrogen) atoms. The first-order chi connectivity index (χ1) is 33.7. The van der Waals surface area contributed by atoms with E-state index in [0.717, 1.165) is 43.4 Å². The van der Waals surface area contributed by atoms with Crippen molar-refractivity contribution in [1.82, 2.24) is 60.4 Å². The first kappa shape index (κ1) is 49.7. The molecular formula is C51H62N12O6S2. The molecule has 4 amide bonds. The number of thiazole rings is 2. The molecule has 2 aromatic carbocycles. The molecule has 374 valence electrons. The Morgan fingerprint density at radius 1 is 0.648 bits per heavy atom. The van der Waals surface area contributed by atoms with Gasteiger partial charge in [0, 0.05) is 39.0 Å². The van der Waals surface area contributed by atoms with Gasteiger partial charge in [-0.2, -0.15) is 0 Å². The number of amides is 4. The topological polar surface area (TPSA) is 226 Å². The summed E-state index contributed by atoms with van der Waals surface area (Å²) in [6.07, 6.45) is 3.33. The van der Waals surface area contributed by atoms with Crippen molar-refractivity contribution in [2.45, 2.75) is 136 Å². The number of hydrogen-bond acceptors (Lipinski definition) is 14. The lowest BCUT2D eigenvalue weighted by molar-refractivity contribution is -0.144. The minimum atomic E-state index is -0.885. The van der Waals surface area contributed by atoms with Crippen LogP contribution in [0, 0.1) is 24.7 Å². The summed E-state index contributed by atoms with van der Waals surface area (Å²) in [4.78, 5) is 70.7. The number of nitrogens with one attached hydrogen (secondary N) is 2. The minimum absolute atomic E-state index is 0.000374. The van der Waals surface area contributed by atoms with Gasteiger partial charge in [-0.15, -0.1) is 32.9 Å². The van der Waals surface area contributed by atoms with Crippen LogP contribution in [0.3, 0.4) is 0 Å². The van der Waals surface area contributed by atoms with Crippen molar-refractivity contribution in [1.29, 1.82) is 0 Å². The normalized spacial score (nSPS) is 20.8. The summed E-state index contributed by atoms with van der Waals surface area (Å²) in [7, 11) is 0. The monoisotopic (exact) mass is 1000 g/mol. The summed E-state index contributed by atoms with van der Waals surface area (Å²) < 4.78 is 3.11. The molecule has 1 saturated carbocycles. The highest BCUT2D eigenvalue weighted by atomic mass is 32.1. The Bertz CT molecular complexity index is 2720. The van der Waals surface area contributed by atoms with Crippen LogP contribution in [0.25, 0.3) is 20.9 Å². The summed E-state index contributed by atoms with van der Waals surface area (Å²) in [5.74, 6) is -1.41. The lowest BCUT2D eigenvalue weighted by atomic mass is 9.85. The number of carbonyl (C=O) groups is 4. The van der Waals surface area contributed by atoms with E-state index in [9.17, 15) is 29.4 Å². The third kappa shape index (κ3) is 10.2. The van der Waals surface area contributed by atoms with E-state index >= 15 is 0 Å². The molecule has 6 heterocycles. The number of rotatable bonds is 14. The predicted octanol–water partition coefficient (Wildman–Crippen LogP) is 5.54. The Morgan fingerprint density at radius 3 is 1.35 bits per heavy atom. The van der Waals surface area contributed by atoms with Crippen molar-refractivity contribution >= 4 is 46.3 Å². The molecule has 0 spiro atoms. The zero-order valence-electron chi connectivity index (χ0n) is 41.4. The van der Waals surface area contributed by atoms with Crippen molar-refractivity contribution in [3.05, 3.63) is 106 Å². The molecule has 1 aliphatic carbocycles. The maximum atomic E-state index is 14.7. The fourth-order valence-electron chi connectivity index (χ4n) is 10.0. The first-order valence-corrected chi connectivity index (χ1v) is 25.8. The number of likely N-dealkylation sites (tertiary alicyclic amines) is 2. The molecule has 1 unspecified atom stereocenters. The van der Waals surface area contributed by atoms with Gasteiger partial charge in [0.25, 0.3) is 0 Å². The summed E-state index contributed by atoms with van der Waals surface area (Å²) in [5.41, 5.74) is 8.59. The number of aliphatic hydroxyl groups is 2. The molecule has 3 fully saturated rings. The first-order valence-electron chi connectivity index (χ1n) is 24.1. The van der Waals surface area contributed by atoms with E-state index < -0.39 is 52.6 Å². The lowest BCUT2D eigenvalue weighted by Gasteiger charge is -2.34. The minimum Gasteiger partial charge on any atom is -0.391 e. The van der Waals surface area contributed by atoms with Crippen LogP contribution in [0.2, 0.25) is 0 Å². The van der Waals surface area contributed by atoms with E-state index in [-0.39, 0.29) is 62.6 Å². The highest BCUT2D eigenvalue weighted by molar-refractivity contribution is 7.13. The third-order valence-electron chi connectivity index (χ3n) is 14.0. The fourth-order valence-corrected chi connectivity index (χ4v) is 11.6. The van der Waals surface area contributed by atoms with Gasteiger partial charge in [0.15, 0.2) is 0 Å². The summed E-state index contributed by atoms with van der Waals surface area (Å²) in [5, 5.41) is 45.9. The average Bonchev–Trinajstić information content (AvgIpc) is 4.04. The Morgan fingerprint density at radius 2 is 1.03 bits per heavy atom. The van der Waals surface area contributed by atoms with Crippen LogP contribution in [0.4, 0.5) is 0 Å². The molecule has 20 heteroatoms. The summed E-state index contributed by atoms with van der Waals surface area (Å²) >= 11 is 3.15. The zero-order chi connectivity index (χ0) is 50.6. The lowest BCUT2D eigenvalue weighted by Crippen LogP contribution is -2.50. The number of aryl methyl sites for hydroxylation is 2. The molecule has 2 aliphatic heterocycles. The molecular weight excluding hydrogens is 941 g/mol. The van der Waals surface area contributed by atoms with Crippen LogP contribution >= 0.6 is 22.7 Å². The van der Waals surface area contributed by atoms with Crippen molar-refractivity contribution in [2.24, 2.45) is 10.8 Å². The van der Waals surface area contributed by atoms with E-state index in [2.05, 4.69) is 41.2 Å². The van der Waals surface area contributed by atoms with Gasteiger partial charge in [-0.3, -0.25) is 19.2 Å². The van der Waals surface area contributed by atoms with Crippen LogP contribution in [0.15, 0.2) is 71.9 Å². The van der Waals surface area contributed by atoms with Gasteiger partial charge >= 0.3 is 0 Å². The molecule has 0 bridgehead atoms. The van der Waals surface area contributed by atoms with E-state index in [0.29, 0.717) is 24.2 Å². The number of carbonyl (C=O) groups excluding carboxylic acids is 4. The standard InChI is InChI=1S/C51H62N12O6S2/c1-29-41(70-27-54-29)33-13-9-31(10-14-33)21-52-45(66)37-19-35(64)23-60(37)47(68)43(49(3,4)5)62-25-39(56-58-62)51(17-18-51)40-26-63(59-57-40)44(50(6,7)8)48(69)61-24-36(65)20-38(61)46(67)53-22-32-11-15-34(16-12-32)42-30(2)55-28-71-42/h9-16,25-28,35-38,43-44,64-65H,17-24H2,1-8H3,(H,52,66)(H,53,67)/t35-,36+,37+,38?,43-,44-/m1/s1. The number of β-amino-alcohol motifs (C(OH)–C–C–N with tert-alkyl or cyclic N) is 2. The van der Waals surface area contributed by atoms with Gasteiger partial charge in [0.2, 0.25) is 23.6 Å². The van der Waals surface area contributed by atoms with E-state index in [4.69, 9.17) is 0 Å². The number of nitrogens with zero attached hydrogens (tertiary/aromatic N) is 10. The maximum Gasteiger partial charge on any atom is 0.248 e. The Balaban J connectivity index is 0.879. The van der Waals surface area contributed by atoms with Crippen molar-refractivity contribution in [3.63, 3.8) is 0 Å². The molecule has 4 aromatic heterocycles. The Labute approximate surface area is 420 Å². The quantitative estimate of drug-likeness (QED) is 0.106. The third-order valence-corrected chi connectivity index (χ3v) is 15.9. The van der Waals surface area contributed by atoms with Gasteiger partial charge in [-0.25, -0.2) is 19.3 Å². The van der Waals surface area contributed by atoms with Gasteiger partial charge < -0.3 is 30.6 Å². The summed E-state index contributed by atoms with van der Waals surface area (Å²) in [6, 6.07) is 12.3. The zero-order valence-corrected chi connectivity index (χ0v) is 43.0. The number of hydrogen-bond donors (Lipinski definition) is 4. The number of aromatic nitrogens is 8. The molecule has 6 aromatic rings. The number of aliphatic hydroxyl groups excluding tert-OH is 2. The van der Waals surface area contributed by atoms with Gasteiger partial charge in [-0.05, 0) is 59.8 Å². The SMILES string of the molecule is Cc1ncsc1-c1ccc(CNC(=O)C2C[C@H](O)CN2C(=O)[C@@H](n2cc(C3(c4cn([C@H](C(=O)N5C[C@H](O)C[C@H]5C(=O)NCc5ccc(-c6scnc6C)cc5)C(C)(C)C)nn4)CC3)nn2)C(C)(C)C)cc1. The van der Waals surface area contributed by atoms with Crippen LogP contribution in [-0.2, 0) is 37.7 Å². The maximum absolute atomic E-state index is 14.7. The second kappa shape index (κ2) is 19.4. The molecule has 18 nitrogen and oxygen atoms in total. The molecule has 0 radical (unpaired) electrons. The van der Waals surface area contributed by atoms with Crippen LogP contribution in [0.1, 0.15) is 113 Å². The molecule has 2 saturated heterocycles. The fraction of sp³-hybridized carbons (Fsp3) is 0.490. The van der Waals surface area contributed by atoms with E-state index in [1.165, 1.54) is 9.80 Å². The molecule has 3 aliphatic rings. The molecule has 4 N–H and O–H groups in total. The van der Waals surface area contributed by atoms with Gasteiger partial charge in [-0.1, -0.05) is 101 Å². The van der Waals surface area contributed by atoms with Crippen molar-refractivity contribution in [3.8, 4) is 20.9 Å². The Kier molecular flexibility index (Phi) is 13.6. The summed E-state index contributed by atoms with van der Waals surface area (Å²) in [6.45, 7) is 16.0. The van der Waals surface area contributed by atoms with Crippen molar-refractivity contribution < 1.29 is 29.4 Å². The van der Waals surface area contributed by atoms with E-state index in [1.807, 2.05) is 115 Å². The Hall–Kier alpha value is -6.22. The highest BCUT2D eigenvalue weighted by Crippen LogP contribution is 2.52. The average molecular weight is 1000 g/mol. The van der Waals surface area contributed by atoms with Crippen LogP contribution in [0.5, 0.6) is 0 Å². The molecule has 9 rings (SSSR count). The van der Waals surface area contributed by atoms with Gasteiger partial charge in [0.05, 0.1) is 73.6 Å².